The number of benzene rings is 1. The number of ether oxygens (including phenoxy) is 1. The number of amides is 4. The molecule has 4 amide bonds. The summed E-state index contributed by atoms with van der Waals surface area (Å²) in [7, 11) is 0. The summed E-state index contributed by atoms with van der Waals surface area (Å²) < 4.78 is 6.22. The van der Waals surface area contributed by atoms with Gasteiger partial charge in [0.25, 0.3) is 5.91 Å². The lowest BCUT2D eigenvalue weighted by atomic mass is 9.78. The maximum Gasteiger partial charge on any atom is 0.325 e. The van der Waals surface area contributed by atoms with Gasteiger partial charge in [-0.3, -0.25) is 14.5 Å². The molecule has 4 atom stereocenters. The molecule has 4 rings (SSSR count). The van der Waals surface area contributed by atoms with Crippen LogP contribution in [0.1, 0.15) is 43.7 Å². The van der Waals surface area contributed by atoms with Gasteiger partial charge in [0.2, 0.25) is 5.91 Å². The summed E-state index contributed by atoms with van der Waals surface area (Å²) >= 11 is 0. The van der Waals surface area contributed by atoms with Crippen LogP contribution in [-0.2, 0) is 9.59 Å². The molecule has 8 heteroatoms. The van der Waals surface area contributed by atoms with Crippen LogP contribution in [0.4, 0.5) is 4.79 Å². The van der Waals surface area contributed by atoms with Crippen molar-refractivity contribution in [3.63, 3.8) is 0 Å². The van der Waals surface area contributed by atoms with Gasteiger partial charge in [0, 0.05) is 13.1 Å². The molecule has 0 radical (unpaired) electrons. The first-order chi connectivity index (χ1) is 14.7. The molecule has 0 bridgehead atoms. The van der Waals surface area contributed by atoms with E-state index < -0.39 is 12.1 Å². The fraction of sp³-hybridized carbons (Fsp3) is 0.609. The van der Waals surface area contributed by atoms with Crippen LogP contribution < -0.4 is 10.1 Å². The molecule has 3 fully saturated rings. The van der Waals surface area contributed by atoms with Crippen molar-refractivity contribution >= 4 is 17.8 Å². The third kappa shape index (κ3) is 4.54. The van der Waals surface area contributed by atoms with Gasteiger partial charge in [-0.15, -0.1) is 0 Å². The van der Waals surface area contributed by atoms with Crippen LogP contribution in [0, 0.1) is 18.8 Å². The third-order valence-electron chi connectivity index (χ3n) is 6.70. The summed E-state index contributed by atoms with van der Waals surface area (Å²) in [6.45, 7) is 7.14. The van der Waals surface area contributed by atoms with Crippen molar-refractivity contribution in [2.75, 3.05) is 26.2 Å². The van der Waals surface area contributed by atoms with Crippen molar-refractivity contribution < 1.29 is 24.2 Å². The number of aryl methyl sites for hydroxylation is 1. The van der Waals surface area contributed by atoms with Gasteiger partial charge in [-0.1, -0.05) is 19.9 Å². The highest BCUT2D eigenvalue weighted by atomic mass is 16.5. The minimum atomic E-state index is -0.592. The fourth-order valence-electron chi connectivity index (χ4n) is 4.92. The second kappa shape index (κ2) is 8.49. The average molecular weight is 430 g/mol. The lowest BCUT2D eigenvalue weighted by Gasteiger charge is -2.35. The van der Waals surface area contributed by atoms with E-state index in [0.29, 0.717) is 31.8 Å². The van der Waals surface area contributed by atoms with Crippen LogP contribution in [0.25, 0.3) is 0 Å². The normalized spacial score (nSPS) is 28.2. The highest BCUT2D eigenvalue weighted by Crippen LogP contribution is 2.38. The van der Waals surface area contributed by atoms with Crippen LogP contribution in [0.3, 0.4) is 0 Å². The van der Waals surface area contributed by atoms with Gasteiger partial charge >= 0.3 is 6.03 Å². The summed E-state index contributed by atoms with van der Waals surface area (Å²) in [6, 6.07) is 5.67. The fourth-order valence-corrected chi connectivity index (χ4v) is 4.92. The number of urea groups is 1. The summed E-state index contributed by atoms with van der Waals surface area (Å²) in [5.41, 5.74) is 2.33. The topological polar surface area (TPSA) is 99.2 Å². The van der Waals surface area contributed by atoms with Crippen molar-refractivity contribution in [2.45, 2.75) is 51.7 Å². The van der Waals surface area contributed by atoms with E-state index in [1.807, 2.05) is 19.1 Å². The van der Waals surface area contributed by atoms with E-state index in [1.54, 1.807) is 4.90 Å². The molecule has 1 aromatic rings. The van der Waals surface area contributed by atoms with Crippen LogP contribution in [0.15, 0.2) is 18.2 Å². The molecule has 2 N–H and O–H groups in total. The lowest BCUT2D eigenvalue weighted by molar-refractivity contribution is -0.135. The number of aliphatic hydroxyl groups excluding tert-OH is 1. The standard InChI is InChI=1S/C23H31N3O5/c1-13(2)15-4-14(3)5-18(6-15)31-20-8-17-11-25(10-16(17)7-19(20)27)22(29)12-26-21(28)9-24-23(26)30/h4-6,13,16-17,19-20,27H,7-12H2,1-3H3,(H,24,30)/t16-,17+,19+,20+/m0/s1. The minimum absolute atomic E-state index is 0.0555. The highest BCUT2D eigenvalue weighted by Gasteiger charge is 2.44. The number of rotatable bonds is 5. The van der Waals surface area contributed by atoms with E-state index in [0.717, 1.165) is 16.2 Å². The zero-order chi connectivity index (χ0) is 22.3. The van der Waals surface area contributed by atoms with Crippen molar-refractivity contribution in [1.29, 1.82) is 0 Å². The number of aliphatic hydroxyl groups is 1. The predicted molar refractivity (Wildman–Crippen MR) is 114 cm³/mol. The Morgan fingerprint density at radius 2 is 1.90 bits per heavy atom. The van der Waals surface area contributed by atoms with E-state index in [-0.39, 0.29) is 42.8 Å². The van der Waals surface area contributed by atoms with Gasteiger partial charge < -0.3 is 20.1 Å². The molecule has 168 valence electrons. The maximum atomic E-state index is 12.7. The first kappa shape index (κ1) is 21.6. The Balaban J connectivity index is 1.38. The molecule has 1 saturated carbocycles. The summed E-state index contributed by atoms with van der Waals surface area (Å²) in [4.78, 5) is 38.8. The highest BCUT2D eigenvalue weighted by molar-refractivity contribution is 6.04. The van der Waals surface area contributed by atoms with Gasteiger partial charge in [0.15, 0.2) is 0 Å². The molecule has 0 unspecified atom stereocenters. The first-order valence-corrected chi connectivity index (χ1v) is 11.0. The van der Waals surface area contributed by atoms with E-state index >= 15 is 0 Å². The Morgan fingerprint density at radius 3 is 2.55 bits per heavy atom. The molecule has 31 heavy (non-hydrogen) atoms. The van der Waals surface area contributed by atoms with Crippen molar-refractivity contribution in [1.82, 2.24) is 15.1 Å². The van der Waals surface area contributed by atoms with Gasteiger partial charge in [-0.05, 0) is 60.8 Å². The minimum Gasteiger partial charge on any atom is -0.488 e. The van der Waals surface area contributed by atoms with Crippen molar-refractivity contribution in [3.8, 4) is 5.75 Å². The Bertz CT molecular complexity index is 870. The van der Waals surface area contributed by atoms with Gasteiger partial charge in [0.1, 0.15) is 18.4 Å². The largest absolute Gasteiger partial charge is 0.488 e. The summed E-state index contributed by atoms with van der Waals surface area (Å²) in [5, 5.41) is 13.1. The Hall–Kier alpha value is -2.61. The smallest absolute Gasteiger partial charge is 0.325 e. The number of likely N-dealkylation sites (tertiary alicyclic amines) is 1. The number of imide groups is 1. The molecule has 2 saturated heterocycles. The van der Waals surface area contributed by atoms with Crippen molar-refractivity contribution in [3.05, 3.63) is 29.3 Å². The van der Waals surface area contributed by atoms with E-state index in [4.69, 9.17) is 4.74 Å². The van der Waals surface area contributed by atoms with Gasteiger partial charge in [-0.25, -0.2) is 4.79 Å². The predicted octanol–water partition coefficient (Wildman–Crippen LogP) is 1.65. The number of carbonyl (C=O) groups excluding carboxylic acids is 3. The molecule has 0 aromatic heterocycles. The Labute approximate surface area is 182 Å². The van der Waals surface area contributed by atoms with Crippen LogP contribution >= 0.6 is 0 Å². The lowest BCUT2D eigenvalue weighted by Crippen LogP contribution is -2.42. The zero-order valence-corrected chi connectivity index (χ0v) is 18.3. The van der Waals surface area contributed by atoms with Crippen LogP contribution in [0.5, 0.6) is 5.75 Å². The average Bonchev–Trinajstić information content (AvgIpc) is 3.25. The molecule has 8 nitrogen and oxygen atoms in total. The molecular weight excluding hydrogens is 398 g/mol. The van der Waals surface area contributed by atoms with Crippen LogP contribution in [0.2, 0.25) is 0 Å². The third-order valence-corrected chi connectivity index (χ3v) is 6.70. The molecule has 3 aliphatic rings. The number of hydrogen-bond acceptors (Lipinski definition) is 5. The molecule has 0 spiro atoms. The summed E-state index contributed by atoms with van der Waals surface area (Å²) in [6.07, 6.45) is 0.337. The molecule has 2 aliphatic heterocycles. The number of carbonyl (C=O) groups is 3. The Kier molecular flexibility index (Phi) is 5.92. The maximum absolute atomic E-state index is 12.7. The van der Waals surface area contributed by atoms with E-state index in [1.165, 1.54) is 5.56 Å². The number of hydrogen-bond donors (Lipinski definition) is 2. The molecular formula is C23H31N3O5. The number of fused-ring (bicyclic) bond motifs is 1. The van der Waals surface area contributed by atoms with E-state index in [2.05, 4.69) is 25.2 Å². The first-order valence-electron chi connectivity index (χ1n) is 11.0. The second-order valence-corrected chi connectivity index (χ2v) is 9.39. The van der Waals surface area contributed by atoms with Crippen LogP contribution in [-0.4, -0.2) is 71.1 Å². The molecule has 1 aliphatic carbocycles. The number of nitrogens with zero attached hydrogens (tertiary/aromatic N) is 2. The van der Waals surface area contributed by atoms with Gasteiger partial charge in [0.05, 0.1) is 12.6 Å². The molecule has 2 heterocycles. The number of nitrogens with one attached hydrogen (secondary N) is 1. The molecule has 1 aromatic carbocycles. The van der Waals surface area contributed by atoms with E-state index in [9.17, 15) is 19.5 Å². The van der Waals surface area contributed by atoms with Crippen molar-refractivity contribution in [2.24, 2.45) is 11.8 Å². The quantitative estimate of drug-likeness (QED) is 0.694. The second-order valence-electron chi connectivity index (χ2n) is 9.39. The Morgan fingerprint density at radius 1 is 1.19 bits per heavy atom. The zero-order valence-electron chi connectivity index (χ0n) is 18.3. The monoisotopic (exact) mass is 429 g/mol. The summed E-state index contributed by atoms with van der Waals surface area (Å²) in [5.74, 6) is 0.989. The van der Waals surface area contributed by atoms with Gasteiger partial charge in [-0.2, -0.15) is 0 Å². The SMILES string of the molecule is Cc1cc(O[C@@H]2C[C@@H]3CN(C(=O)CN4C(=O)CNC4=O)C[C@@H]3C[C@H]2O)cc(C(C)C)c1.